The summed E-state index contributed by atoms with van der Waals surface area (Å²) >= 11 is 0. The van der Waals surface area contributed by atoms with E-state index in [9.17, 15) is 8.42 Å². The van der Waals surface area contributed by atoms with Crippen molar-refractivity contribution >= 4 is 16.1 Å². The number of nitrogens with zero attached hydrogens (tertiary/aromatic N) is 5. The SMILES string of the molecule is Cc1ccc(/C=C/S(=O)(=O)N2CCC[C@@H](Cc3nc(-c4cnccn4)no3)C2)cc1. The molecule has 0 bridgehead atoms. The number of aryl methyl sites for hydroxylation is 1. The Morgan fingerprint density at radius 2 is 2.07 bits per heavy atom. The highest BCUT2D eigenvalue weighted by atomic mass is 32.2. The molecule has 1 aromatic carbocycles. The molecule has 1 aliphatic heterocycles. The van der Waals surface area contributed by atoms with E-state index in [1.807, 2.05) is 31.2 Å². The Balaban J connectivity index is 1.40. The van der Waals surface area contributed by atoms with Crippen molar-refractivity contribution in [2.75, 3.05) is 13.1 Å². The summed E-state index contributed by atoms with van der Waals surface area (Å²) in [6.45, 7) is 2.95. The predicted molar refractivity (Wildman–Crippen MR) is 112 cm³/mol. The van der Waals surface area contributed by atoms with E-state index in [1.54, 1.807) is 24.7 Å². The van der Waals surface area contributed by atoms with Gasteiger partial charge < -0.3 is 4.52 Å². The average molecular weight is 426 g/mol. The van der Waals surface area contributed by atoms with Gasteiger partial charge in [0.1, 0.15) is 5.69 Å². The van der Waals surface area contributed by atoms with Crippen molar-refractivity contribution in [2.45, 2.75) is 26.2 Å². The third-order valence-corrected chi connectivity index (χ3v) is 6.61. The molecule has 156 valence electrons. The largest absolute Gasteiger partial charge is 0.339 e. The number of piperidine rings is 1. The molecule has 0 unspecified atom stereocenters. The number of hydrogen-bond acceptors (Lipinski definition) is 7. The fourth-order valence-electron chi connectivity index (χ4n) is 3.46. The highest BCUT2D eigenvalue weighted by Gasteiger charge is 2.28. The molecular weight excluding hydrogens is 402 g/mol. The van der Waals surface area contributed by atoms with E-state index in [0.717, 1.165) is 24.0 Å². The lowest BCUT2D eigenvalue weighted by Gasteiger charge is -2.30. The second-order valence-electron chi connectivity index (χ2n) is 7.43. The molecule has 30 heavy (non-hydrogen) atoms. The molecule has 9 heteroatoms. The Morgan fingerprint density at radius 1 is 1.23 bits per heavy atom. The van der Waals surface area contributed by atoms with Gasteiger partial charge in [-0.05, 0) is 37.3 Å². The maximum Gasteiger partial charge on any atom is 0.236 e. The highest BCUT2D eigenvalue weighted by molar-refractivity contribution is 7.92. The van der Waals surface area contributed by atoms with Crippen molar-refractivity contribution in [1.29, 1.82) is 0 Å². The van der Waals surface area contributed by atoms with Crippen molar-refractivity contribution in [3.05, 3.63) is 65.3 Å². The third kappa shape index (κ3) is 4.98. The van der Waals surface area contributed by atoms with Gasteiger partial charge in [0, 0.05) is 37.3 Å². The van der Waals surface area contributed by atoms with Crippen LogP contribution in [0.1, 0.15) is 29.9 Å². The minimum atomic E-state index is -3.49. The summed E-state index contributed by atoms with van der Waals surface area (Å²) in [4.78, 5) is 12.5. The summed E-state index contributed by atoms with van der Waals surface area (Å²) in [6.07, 6.45) is 8.60. The molecule has 1 aliphatic rings. The number of sulfonamides is 1. The van der Waals surface area contributed by atoms with Gasteiger partial charge in [-0.1, -0.05) is 35.0 Å². The van der Waals surface area contributed by atoms with Gasteiger partial charge >= 0.3 is 0 Å². The van der Waals surface area contributed by atoms with E-state index in [2.05, 4.69) is 20.1 Å². The van der Waals surface area contributed by atoms with Gasteiger partial charge in [0.25, 0.3) is 0 Å². The Kier molecular flexibility index (Phi) is 6.01. The van der Waals surface area contributed by atoms with Crippen LogP contribution in [-0.2, 0) is 16.4 Å². The van der Waals surface area contributed by atoms with Gasteiger partial charge in [-0.15, -0.1) is 0 Å². The zero-order valence-electron chi connectivity index (χ0n) is 16.7. The standard InChI is InChI=1S/C21H23N5O3S/c1-16-4-6-17(7-5-16)8-12-30(27,28)26-11-2-3-18(15-26)13-20-24-21(25-29-20)19-14-22-9-10-23-19/h4-10,12,14,18H,2-3,11,13,15H2,1H3/b12-8+/t18-/m0/s1. The van der Waals surface area contributed by atoms with Crippen LogP contribution in [0.4, 0.5) is 0 Å². The minimum absolute atomic E-state index is 0.122. The van der Waals surface area contributed by atoms with Crippen LogP contribution in [0.15, 0.2) is 52.8 Å². The molecule has 0 amide bonds. The van der Waals surface area contributed by atoms with Crippen molar-refractivity contribution < 1.29 is 12.9 Å². The molecule has 3 heterocycles. The first kappa shape index (κ1) is 20.4. The van der Waals surface area contributed by atoms with E-state index < -0.39 is 10.0 Å². The minimum Gasteiger partial charge on any atom is -0.339 e. The highest BCUT2D eigenvalue weighted by Crippen LogP contribution is 2.24. The lowest BCUT2D eigenvalue weighted by molar-refractivity contribution is 0.248. The van der Waals surface area contributed by atoms with Gasteiger partial charge in [0.2, 0.25) is 21.7 Å². The number of aromatic nitrogens is 4. The molecule has 4 rings (SSSR count). The first-order valence-electron chi connectivity index (χ1n) is 9.83. The first-order chi connectivity index (χ1) is 14.5. The van der Waals surface area contributed by atoms with E-state index in [0.29, 0.717) is 36.9 Å². The first-order valence-corrected chi connectivity index (χ1v) is 11.3. The Bertz CT molecular complexity index is 1110. The molecular formula is C21H23N5O3S. The van der Waals surface area contributed by atoms with Crippen LogP contribution in [0.3, 0.4) is 0 Å². The molecule has 0 saturated carbocycles. The second-order valence-corrected chi connectivity index (χ2v) is 9.25. The Hall–Kier alpha value is -2.91. The Labute approximate surface area is 175 Å². The summed E-state index contributed by atoms with van der Waals surface area (Å²) in [5.41, 5.74) is 2.54. The summed E-state index contributed by atoms with van der Waals surface area (Å²) in [5.74, 6) is 0.992. The molecule has 1 atom stereocenters. The fraction of sp³-hybridized carbons (Fsp3) is 0.333. The van der Waals surface area contributed by atoms with Crippen molar-refractivity contribution in [1.82, 2.24) is 24.4 Å². The van der Waals surface area contributed by atoms with Crippen molar-refractivity contribution in [3.8, 4) is 11.5 Å². The topological polar surface area (TPSA) is 102 Å². The zero-order chi connectivity index (χ0) is 21.0. The maximum absolute atomic E-state index is 12.8. The molecule has 0 spiro atoms. The van der Waals surface area contributed by atoms with Crippen molar-refractivity contribution in [3.63, 3.8) is 0 Å². The van der Waals surface area contributed by atoms with Crippen LogP contribution >= 0.6 is 0 Å². The number of benzene rings is 1. The van der Waals surface area contributed by atoms with E-state index in [1.165, 1.54) is 9.71 Å². The third-order valence-electron chi connectivity index (χ3n) is 5.08. The molecule has 0 N–H and O–H groups in total. The molecule has 3 aromatic rings. The predicted octanol–water partition coefficient (Wildman–Crippen LogP) is 3.09. The average Bonchev–Trinajstić information content (AvgIpc) is 3.23. The van der Waals surface area contributed by atoms with E-state index in [-0.39, 0.29) is 5.92 Å². The summed E-state index contributed by atoms with van der Waals surface area (Å²) < 4.78 is 32.5. The smallest absolute Gasteiger partial charge is 0.236 e. The van der Waals surface area contributed by atoms with E-state index in [4.69, 9.17) is 4.52 Å². The molecule has 1 fully saturated rings. The number of hydrogen-bond donors (Lipinski definition) is 0. The zero-order valence-corrected chi connectivity index (χ0v) is 17.5. The summed E-state index contributed by atoms with van der Waals surface area (Å²) in [5, 5.41) is 5.25. The van der Waals surface area contributed by atoms with Crippen molar-refractivity contribution in [2.24, 2.45) is 5.92 Å². The lowest BCUT2D eigenvalue weighted by atomic mass is 9.96. The van der Waals surface area contributed by atoms with Gasteiger partial charge in [-0.2, -0.15) is 9.29 Å². The monoisotopic (exact) mass is 425 g/mol. The molecule has 0 radical (unpaired) electrons. The normalized spacial score (nSPS) is 18.1. The second kappa shape index (κ2) is 8.85. The van der Waals surface area contributed by atoms with Gasteiger partial charge in [-0.3, -0.25) is 4.98 Å². The summed E-state index contributed by atoms with van der Waals surface area (Å²) in [7, 11) is -3.49. The fourth-order valence-corrected chi connectivity index (χ4v) is 4.76. The molecule has 8 nitrogen and oxygen atoms in total. The lowest BCUT2D eigenvalue weighted by Crippen LogP contribution is -2.39. The van der Waals surface area contributed by atoms with Crippen LogP contribution in [0, 0.1) is 12.8 Å². The van der Waals surface area contributed by atoms with Crippen LogP contribution in [0.2, 0.25) is 0 Å². The quantitative estimate of drug-likeness (QED) is 0.598. The molecule has 0 aliphatic carbocycles. The summed E-state index contributed by atoms with van der Waals surface area (Å²) in [6, 6.07) is 7.74. The van der Waals surface area contributed by atoms with E-state index >= 15 is 0 Å². The van der Waals surface area contributed by atoms with Crippen LogP contribution in [-0.4, -0.2) is 45.9 Å². The van der Waals surface area contributed by atoms with Crippen LogP contribution < -0.4 is 0 Å². The number of rotatable bonds is 6. The maximum atomic E-state index is 12.8. The van der Waals surface area contributed by atoms with Gasteiger partial charge in [0.05, 0.1) is 6.20 Å². The van der Waals surface area contributed by atoms with Gasteiger partial charge in [0.15, 0.2) is 0 Å². The van der Waals surface area contributed by atoms with Gasteiger partial charge in [-0.25, -0.2) is 13.4 Å². The van der Waals surface area contributed by atoms with Crippen LogP contribution in [0.25, 0.3) is 17.6 Å². The molecule has 1 saturated heterocycles. The van der Waals surface area contributed by atoms with Crippen LogP contribution in [0.5, 0.6) is 0 Å². The Morgan fingerprint density at radius 3 is 2.83 bits per heavy atom. The molecule has 2 aromatic heterocycles.